The van der Waals surface area contributed by atoms with E-state index in [-0.39, 0.29) is 12.5 Å². The van der Waals surface area contributed by atoms with Gasteiger partial charge in [0.2, 0.25) is 5.91 Å². The largest absolute Gasteiger partial charge is 0.496 e. The molecule has 1 atom stereocenters. The number of rotatable bonds is 8. The maximum absolute atomic E-state index is 12.2. The Morgan fingerprint density at radius 1 is 1.45 bits per heavy atom. The van der Waals surface area contributed by atoms with E-state index in [0.29, 0.717) is 18.9 Å². The molecule has 5 nitrogen and oxygen atoms in total. The summed E-state index contributed by atoms with van der Waals surface area (Å²) >= 11 is 0. The molecule has 2 rings (SSSR count). The number of methoxy groups -OCH3 is 1. The first-order valence-electron chi connectivity index (χ1n) is 7.70. The number of aliphatic hydroxyl groups excluding tert-OH is 1. The first kappa shape index (κ1) is 16.4. The Bertz CT molecular complexity index is 621. The lowest BCUT2D eigenvalue weighted by atomic mass is 10.0. The highest BCUT2D eigenvalue weighted by Crippen LogP contribution is 2.28. The zero-order valence-corrected chi connectivity index (χ0v) is 13.2. The number of aliphatic hydroxyl groups is 1. The molecule has 0 aliphatic heterocycles. The second kappa shape index (κ2) is 7.84. The smallest absolute Gasteiger partial charge is 0.224 e. The minimum Gasteiger partial charge on any atom is -0.496 e. The third-order valence-electron chi connectivity index (χ3n) is 4.02. The number of hydrogen-bond acceptors (Lipinski definition) is 3. The van der Waals surface area contributed by atoms with Gasteiger partial charge >= 0.3 is 0 Å². The minimum atomic E-state index is -0.0109. The number of hydrogen-bond donors (Lipinski definition) is 3. The predicted octanol–water partition coefficient (Wildman–Crippen LogP) is 2.24. The fraction of sp³-hybridized carbons (Fsp3) is 0.471. The van der Waals surface area contributed by atoms with E-state index in [0.717, 1.165) is 35.1 Å². The van der Waals surface area contributed by atoms with Crippen LogP contribution < -0.4 is 10.1 Å². The van der Waals surface area contributed by atoms with Crippen LogP contribution in [0, 0.1) is 5.92 Å². The van der Waals surface area contributed by atoms with Gasteiger partial charge < -0.3 is 20.1 Å². The molecular weight excluding hydrogens is 280 g/mol. The molecule has 1 aromatic carbocycles. The topological polar surface area (TPSA) is 74.4 Å². The second-order valence-corrected chi connectivity index (χ2v) is 5.46. The van der Waals surface area contributed by atoms with Crippen LogP contribution in [0.15, 0.2) is 24.4 Å². The van der Waals surface area contributed by atoms with Gasteiger partial charge in [0, 0.05) is 30.3 Å². The SMILES string of the molecule is CCC(CCO)CNC(=O)Cc1c[nH]c2cccc(OC)c12. The lowest BCUT2D eigenvalue weighted by molar-refractivity contribution is -0.120. The summed E-state index contributed by atoms with van der Waals surface area (Å²) in [5.74, 6) is 1.09. The van der Waals surface area contributed by atoms with Crippen molar-refractivity contribution in [2.45, 2.75) is 26.2 Å². The van der Waals surface area contributed by atoms with Crippen molar-refractivity contribution in [2.24, 2.45) is 5.92 Å². The van der Waals surface area contributed by atoms with Crippen LogP contribution in [-0.2, 0) is 11.2 Å². The normalized spacial score (nSPS) is 12.3. The highest BCUT2D eigenvalue weighted by Gasteiger charge is 2.13. The van der Waals surface area contributed by atoms with Crippen LogP contribution in [0.2, 0.25) is 0 Å². The molecule has 1 heterocycles. The first-order valence-corrected chi connectivity index (χ1v) is 7.70. The van der Waals surface area contributed by atoms with Crippen molar-refractivity contribution < 1.29 is 14.6 Å². The van der Waals surface area contributed by atoms with Crippen LogP contribution in [0.3, 0.4) is 0 Å². The van der Waals surface area contributed by atoms with Gasteiger partial charge in [-0.15, -0.1) is 0 Å². The number of carbonyl (C=O) groups is 1. The van der Waals surface area contributed by atoms with Crippen molar-refractivity contribution in [2.75, 3.05) is 20.3 Å². The third-order valence-corrected chi connectivity index (χ3v) is 4.02. The number of nitrogens with one attached hydrogen (secondary N) is 2. The highest BCUT2D eigenvalue weighted by atomic mass is 16.5. The Morgan fingerprint density at radius 2 is 2.27 bits per heavy atom. The molecule has 0 aliphatic rings. The molecule has 0 saturated carbocycles. The molecule has 0 radical (unpaired) electrons. The van der Waals surface area contributed by atoms with Crippen LogP contribution >= 0.6 is 0 Å². The van der Waals surface area contributed by atoms with Gasteiger partial charge in [0.1, 0.15) is 5.75 Å². The summed E-state index contributed by atoms with van der Waals surface area (Å²) in [5, 5.41) is 12.9. The summed E-state index contributed by atoms with van der Waals surface area (Å²) in [5.41, 5.74) is 1.90. The van der Waals surface area contributed by atoms with Gasteiger partial charge in [-0.1, -0.05) is 19.4 Å². The van der Waals surface area contributed by atoms with Gasteiger partial charge in [-0.25, -0.2) is 0 Å². The van der Waals surface area contributed by atoms with Crippen LogP contribution in [0.5, 0.6) is 5.75 Å². The zero-order valence-electron chi connectivity index (χ0n) is 13.2. The van der Waals surface area contributed by atoms with E-state index in [9.17, 15) is 4.79 Å². The van der Waals surface area contributed by atoms with Crippen molar-refractivity contribution in [3.05, 3.63) is 30.0 Å². The van der Waals surface area contributed by atoms with Gasteiger partial charge in [-0.05, 0) is 30.0 Å². The summed E-state index contributed by atoms with van der Waals surface area (Å²) in [6.45, 7) is 2.83. The molecular formula is C17H24N2O3. The molecule has 0 fully saturated rings. The second-order valence-electron chi connectivity index (χ2n) is 5.46. The fourth-order valence-corrected chi connectivity index (χ4v) is 2.66. The first-order chi connectivity index (χ1) is 10.7. The zero-order chi connectivity index (χ0) is 15.9. The molecule has 1 unspecified atom stereocenters. The Labute approximate surface area is 130 Å². The fourth-order valence-electron chi connectivity index (χ4n) is 2.66. The average Bonchev–Trinajstić information content (AvgIpc) is 2.94. The Kier molecular flexibility index (Phi) is 5.83. The number of benzene rings is 1. The number of amides is 1. The standard InChI is InChI=1S/C17H24N2O3/c1-3-12(7-8-20)10-19-16(21)9-13-11-18-14-5-4-6-15(22-2)17(13)14/h4-6,11-12,18,20H,3,7-10H2,1-2H3,(H,19,21). The molecule has 5 heteroatoms. The minimum absolute atomic E-state index is 0.0109. The van der Waals surface area contributed by atoms with E-state index in [1.165, 1.54) is 0 Å². The summed E-state index contributed by atoms with van der Waals surface area (Å²) in [6.07, 6.45) is 3.84. The molecule has 3 N–H and O–H groups in total. The van der Waals surface area contributed by atoms with E-state index in [1.807, 2.05) is 24.4 Å². The van der Waals surface area contributed by atoms with E-state index in [4.69, 9.17) is 9.84 Å². The van der Waals surface area contributed by atoms with Crippen molar-refractivity contribution in [3.63, 3.8) is 0 Å². The van der Waals surface area contributed by atoms with Gasteiger partial charge in [0.15, 0.2) is 0 Å². The maximum Gasteiger partial charge on any atom is 0.224 e. The van der Waals surface area contributed by atoms with Crippen LogP contribution in [0.25, 0.3) is 10.9 Å². The van der Waals surface area contributed by atoms with Crippen molar-refractivity contribution in [1.29, 1.82) is 0 Å². The lowest BCUT2D eigenvalue weighted by Gasteiger charge is -2.14. The Hall–Kier alpha value is -2.01. The van der Waals surface area contributed by atoms with Crippen LogP contribution in [0.4, 0.5) is 0 Å². The number of aromatic nitrogens is 1. The molecule has 0 saturated heterocycles. The summed E-state index contributed by atoms with van der Waals surface area (Å²) in [4.78, 5) is 15.3. The monoisotopic (exact) mass is 304 g/mol. The molecule has 2 aromatic rings. The number of H-pyrrole nitrogens is 1. The maximum atomic E-state index is 12.2. The van der Waals surface area contributed by atoms with Crippen molar-refractivity contribution >= 4 is 16.8 Å². The predicted molar refractivity (Wildman–Crippen MR) is 87.0 cm³/mol. The average molecular weight is 304 g/mol. The van der Waals surface area contributed by atoms with E-state index in [1.54, 1.807) is 7.11 Å². The molecule has 22 heavy (non-hydrogen) atoms. The van der Waals surface area contributed by atoms with Gasteiger partial charge in [0.25, 0.3) is 0 Å². The summed E-state index contributed by atoms with van der Waals surface area (Å²) < 4.78 is 5.38. The molecule has 120 valence electrons. The summed E-state index contributed by atoms with van der Waals surface area (Å²) in [7, 11) is 1.63. The highest BCUT2D eigenvalue weighted by molar-refractivity contribution is 5.93. The van der Waals surface area contributed by atoms with Gasteiger partial charge in [0.05, 0.1) is 13.5 Å². The molecule has 1 amide bonds. The number of ether oxygens (including phenoxy) is 1. The Balaban J connectivity index is 2.03. The molecule has 1 aromatic heterocycles. The molecule has 0 spiro atoms. The number of fused-ring (bicyclic) bond motifs is 1. The quantitative estimate of drug-likeness (QED) is 0.700. The van der Waals surface area contributed by atoms with Gasteiger partial charge in [-0.2, -0.15) is 0 Å². The molecule has 0 aliphatic carbocycles. The van der Waals surface area contributed by atoms with Gasteiger partial charge in [-0.3, -0.25) is 4.79 Å². The Morgan fingerprint density at radius 3 is 2.95 bits per heavy atom. The van der Waals surface area contributed by atoms with E-state index < -0.39 is 0 Å². The molecule has 0 bridgehead atoms. The van der Waals surface area contributed by atoms with E-state index in [2.05, 4.69) is 17.2 Å². The number of carbonyl (C=O) groups excluding carboxylic acids is 1. The lowest BCUT2D eigenvalue weighted by Crippen LogP contribution is -2.30. The van der Waals surface area contributed by atoms with Crippen molar-refractivity contribution in [3.8, 4) is 5.75 Å². The third kappa shape index (κ3) is 3.80. The van der Waals surface area contributed by atoms with Crippen LogP contribution in [0.1, 0.15) is 25.3 Å². The number of aromatic amines is 1. The van der Waals surface area contributed by atoms with E-state index >= 15 is 0 Å². The summed E-state index contributed by atoms with van der Waals surface area (Å²) in [6, 6.07) is 5.78. The van der Waals surface area contributed by atoms with Crippen molar-refractivity contribution in [1.82, 2.24) is 10.3 Å². The van der Waals surface area contributed by atoms with Crippen LogP contribution in [-0.4, -0.2) is 36.3 Å².